The number of nitrogens with two attached hydrogens (primary N) is 1. The molecule has 0 unspecified atom stereocenters. The Bertz CT molecular complexity index is 981. The minimum Gasteiger partial charge on any atom is -0.484 e. The lowest BCUT2D eigenvalue weighted by atomic mass is 10.1. The number of thioether (sulfide) groups is 1. The molecule has 1 aliphatic rings. The van der Waals surface area contributed by atoms with Crippen molar-refractivity contribution in [2.75, 3.05) is 6.61 Å². The molecule has 1 atom stereocenters. The first-order chi connectivity index (χ1) is 12.7. The molecule has 5 nitrogen and oxygen atoms in total. The summed E-state index contributed by atoms with van der Waals surface area (Å²) < 4.78 is 5.29. The predicted molar refractivity (Wildman–Crippen MR) is 105 cm³/mol. The number of benzene rings is 3. The number of rotatable bonds is 5. The number of carbonyl (C=O) groups is 1. The standard InChI is InChI=1S/C20H17N3O2S/c21-18(24)12-25-15-10-8-14(9-11-15)19-22-23-20(26-19)17-7-3-5-13-4-1-2-6-16(13)17/h1-11,19,22H,12H2,(H2,21,24)/t19-/m0/s1. The second kappa shape index (κ2) is 7.09. The van der Waals surface area contributed by atoms with Crippen LogP contribution in [0.15, 0.2) is 71.8 Å². The van der Waals surface area contributed by atoms with Crippen LogP contribution in [0.2, 0.25) is 0 Å². The molecule has 26 heavy (non-hydrogen) atoms. The van der Waals surface area contributed by atoms with Gasteiger partial charge in [-0.15, -0.1) is 0 Å². The first-order valence-corrected chi connectivity index (χ1v) is 9.08. The van der Waals surface area contributed by atoms with E-state index in [4.69, 9.17) is 10.5 Å². The number of carbonyl (C=O) groups excluding carboxylic acids is 1. The minimum atomic E-state index is -0.491. The van der Waals surface area contributed by atoms with E-state index in [0.29, 0.717) is 5.75 Å². The fourth-order valence-corrected chi connectivity index (χ4v) is 3.89. The molecule has 0 bridgehead atoms. The maximum atomic E-state index is 10.8. The summed E-state index contributed by atoms with van der Waals surface area (Å²) in [6, 6.07) is 22.1. The average Bonchev–Trinajstić information content (AvgIpc) is 3.16. The van der Waals surface area contributed by atoms with Crippen molar-refractivity contribution in [1.29, 1.82) is 0 Å². The molecule has 0 radical (unpaired) electrons. The highest BCUT2D eigenvalue weighted by atomic mass is 32.2. The normalized spacial score (nSPS) is 16.2. The number of nitrogens with zero attached hydrogens (tertiary/aromatic N) is 1. The molecule has 0 spiro atoms. The van der Waals surface area contributed by atoms with Gasteiger partial charge in [-0.05, 0) is 28.5 Å². The fourth-order valence-electron chi connectivity index (χ4n) is 2.85. The number of hydrazone groups is 1. The summed E-state index contributed by atoms with van der Waals surface area (Å²) in [6.45, 7) is -0.121. The molecule has 3 aromatic rings. The third kappa shape index (κ3) is 3.36. The van der Waals surface area contributed by atoms with Crippen molar-refractivity contribution < 1.29 is 9.53 Å². The van der Waals surface area contributed by atoms with Crippen LogP contribution in [0.4, 0.5) is 0 Å². The quantitative estimate of drug-likeness (QED) is 0.728. The van der Waals surface area contributed by atoms with Gasteiger partial charge in [-0.2, -0.15) is 5.10 Å². The van der Waals surface area contributed by atoms with Crippen LogP contribution in [0, 0.1) is 0 Å². The first kappa shape index (κ1) is 16.5. The van der Waals surface area contributed by atoms with E-state index in [-0.39, 0.29) is 12.0 Å². The molecule has 3 aromatic carbocycles. The maximum Gasteiger partial charge on any atom is 0.255 e. The van der Waals surface area contributed by atoms with Gasteiger partial charge in [0.25, 0.3) is 5.91 Å². The number of fused-ring (bicyclic) bond motifs is 1. The molecule has 1 heterocycles. The zero-order valence-corrected chi connectivity index (χ0v) is 14.7. The Morgan fingerprint density at radius 2 is 1.85 bits per heavy atom. The average molecular weight is 363 g/mol. The van der Waals surface area contributed by atoms with Gasteiger partial charge in [0, 0.05) is 5.56 Å². The van der Waals surface area contributed by atoms with E-state index in [9.17, 15) is 4.79 Å². The van der Waals surface area contributed by atoms with Gasteiger partial charge in [-0.25, -0.2) is 0 Å². The molecule has 1 amide bonds. The number of nitrogens with one attached hydrogen (secondary N) is 1. The summed E-state index contributed by atoms with van der Waals surface area (Å²) in [6.07, 6.45) is 0. The molecular formula is C20H17N3O2S. The lowest BCUT2D eigenvalue weighted by Gasteiger charge is -2.11. The van der Waals surface area contributed by atoms with Crippen LogP contribution >= 0.6 is 11.8 Å². The van der Waals surface area contributed by atoms with Crippen LogP contribution in [0.5, 0.6) is 5.75 Å². The van der Waals surface area contributed by atoms with E-state index in [1.54, 1.807) is 11.8 Å². The lowest BCUT2D eigenvalue weighted by molar-refractivity contribution is -0.119. The summed E-state index contributed by atoms with van der Waals surface area (Å²) in [5.41, 5.74) is 10.5. The Labute approximate surface area is 155 Å². The van der Waals surface area contributed by atoms with Crippen LogP contribution in [0.3, 0.4) is 0 Å². The van der Waals surface area contributed by atoms with Crippen molar-refractivity contribution in [1.82, 2.24) is 5.43 Å². The van der Waals surface area contributed by atoms with Gasteiger partial charge in [0.1, 0.15) is 16.2 Å². The minimum absolute atomic E-state index is 0.0363. The smallest absolute Gasteiger partial charge is 0.255 e. The van der Waals surface area contributed by atoms with E-state index in [2.05, 4.69) is 40.9 Å². The molecule has 0 saturated heterocycles. The molecule has 0 fully saturated rings. The Morgan fingerprint density at radius 3 is 2.65 bits per heavy atom. The molecular weight excluding hydrogens is 346 g/mol. The largest absolute Gasteiger partial charge is 0.484 e. The van der Waals surface area contributed by atoms with E-state index in [1.165, 1.54) is 10.8 Å². The van der Waals surface area contributed by atoms with Crippen molar-refractivity contribution in [3.63, 3.8) is 0 Å². The van der Waals surface area contributed by atoms with Gasteiger partial charge in [-0.3, -0.25) is 10.2 Å². The molecule has 0 aliphatic carbocycles. The molecule has 0 aromatic heterocycles. The van der Waals surface area contributed by atoms with E-state index >= 15 is 0 Å². The van der Waals surface area contributed by atoms with E-state index in [1.807, 2.05) is 36.4 Å². The van der Waals surface area contributed by atoms with Crippen molar-refractivity contribution in [3.8, 4) is 5.75 Å². The number of hydrogen-bond acceptors (Lipinski definition) is 5. The Kier molecular flexibility index (Phi) is 4.50. The number of ether oxygens (including phenoxy) is 1. The second-order valence-electron chi connectivity index (χ2n) is 5.89. The van der Waals surface area contributed by atoms with Crippen LogP contribution in [0.1, 0.15) is 16.5 Å². The molecule has 4 rings (SSSR count). The van der Waals surface area contributed by atoms with Gasteiger partial charge in [0.05, 0.1) is 0 Å². The Balaban J connectivity index is 1.50. The van der Waals surface area contributed by atoms with Crippen molar-refractivity contribution >= 4 is 33.5 Å². The maximum absolute atomic E-state index is 10.8. The summed E-state index contributed by atoms with van der Waals surface area (Å²) in [5, 5.41) is 7.94. The Hall–Kier alpha value is -2.99. The van der Waals surface area contributed by atoms with Crippen LogP contribution in [-0.4, -0.2) is 17.6 Å². The zero-order chi connectivity index (χ0) is 17.9. The van der Waals surface area contributed by atoms with Gasteiger partial charge in [-0.1, -0.05) is 66.4 Å². The first-order valence-electron chi connectivity index (χ1n) is 8.20. The van der Waals surface area contributed by atoms with Gasteiger partial charge < -0.3 is 10.5 Å². The molecule has 130 valence electrons. The zero-order valence-electron chi connectivity index (χ0n) is 13.9. The van der Waals surface area contributed by atoms with Crippen LogP contribution < -0.4 is 15.9 Å². The molecule has 3 N–H and O–H groups in total. The number of hydrogen-bond donors (Lipinski definition) is 2. The fraction of sp³-hybridized carbons (Fsp3) is 0.100. The highest BCUT2D eigenvalue weighted by molar-refractivity contribution is 8.14. The number of amides is 1. The summed E-state index contributed by atoms with van der Waals surface area (Å²) in [4.78, 5) is 10.8. The summed E-state index contributed by atoms with van der Waals surface area (Å²) in [5.74, 6) is 0.126. The molecule has 0 saturated carbocycles. The van der Waals surface area contributed by atoms with Crippen molar-refractivity contribution in [3.05, 3.63) is 77.9 Å². The highest BCUT2D eigenvalue weighted by Gasteiger charge is 2.23. The molecule has 1 aliphatic heterocycles. The summed E-state index contributed by atoms with van der Waals surface area (Å²) in [7, 11) is 0. The second-order valence-corrected chi connectivity index (χ2v) is 6.99. The van der Waals surface area contributed by atoms with Crippen LogP contribution in [-0.2, 0) is 4.79 Å². The van der Waals surface area contributed by atoms with E-state index in [0.717, 1.165) is 16.2 Å². The molecule has 6 heteroatoms. The van der Waals surface area contributed by atoms with E-state index < -0.39 is 5.91 Å². The van der Waals surface area contributed by atoms with Crippen molar-refractivity contribution in [2.45, 2.75) is 5.37 Å². The third-order valence-corrected chi connectivity index (χ3v) is 5.24. The number of primary amides is 1. The van der Waals surface area contributed by atoms with Gasteiger partial charge >= 0.3 is 0 Å². The lowest BCUT2D eigenvalue weighted by Crippen LogP contribution is -2.20. The van der Waals surface area contributed by atoms with Gasteiger partial charge in [0.15, 0.2) is 6.61 Å². The van der Waals surface area contributed by atoms with Crippen LogP contribution in [0.25, 0.3) is 10.8 Å². The highest BCUT2D eigenvalue weighted by Crippen LogP contribution is 2.36. The predicted octanol–water partition coefficient (Wildman–Crippen LogP) is 3.40. The van der Waals surface area contributed by atoms with Crippen molar-refractivity contribution in [2.24, 2.45) is 10.8 Å². The monoisotopic (exact) mass is 363 g/mol. The summed E-state index contributed by atoms with van der Waals surface area (Å²) >= 11 is 1.68. The SMILES string of the molecule is NC(=O)COc1ccc([C@H]2NN=C(c3cccc4ccccc34)S2)cc1. The van der Waals surface area contributed by atoms with Gasteiger partial charge in [0.2, 0.25) is 0 Å². The topological polar surface area (TPSA) is 76.7 Å². The Morgan fingerprint density at radius 1 is 1.08 bits per heavy atom. The third-order valence-electron chi connectivity index (χ3n) is 4.10.